The van der Waals surface area contributed by atoms with E-state index in [0.717, 1.165) is 128 Å². The summed E-state index contributed by atoms with van der Waals surface area (Å²) in [4.78, 5) is 13.1. The molecule has 9 nitrogen and oxygen atoms in total. The van der Waals surface area contributed by atoms with Gasteiger partial charge >= 0.3 is 0 Å². The summed E-state index contributed by atoms with van der Waals surface area (Å²) in [5, 5.41) is 54.7. The lowest BCUT2D eigenvalue weighted by Gasteiger charge is -2.40. The molecule has 1 saturated heterocycles. The van der Waals surface area contributed by atoms with E-state index in [-0.39, 0.29) is 12.5 Å². The molecule has 6 N–H and O–H groups in total. The minimum Gasteiger partial charge on any atom is -0.394 e. The number of allylic oxidation sites excluding steroid dienone is 25. The monoisotopic (exact) mass is 1220 g/mol. The largest absolute Gasteiger partial charge is 0.394 e. The molecule has 9 heteroatoms. The molecule has 0 aromatic heterocycles. The number of amides is 1. The van der Waals surface area contributed by atoms with Gasteiger partial charge in [0.2, 0.25) is 5.91 Å². The quantitative estimate of drug-likeness (QED) is 0.0261. The lowest BCUT2D eigenvalue weighted by Crippen LogP contribution is -2.60. The van der Waals surface area contributed by atoms with Gasteiger partial charge in [0, 0.05) is 6.42 Å². The molecule has 0 aromatic rings. The molecular formula is C79H131NO8. The van der Waals surface area contributed by atoms with E-state index >= 15 is 0 Å². The predicted molar refractivity (Wildman–Crippen MR) is 377 cm³/mol. The molecule has 88 heavy (non-hydrogen) atoms. The van der Waals surface area contributed by atoms with Crippen LogP contribution in [0.25, 0.3) is 0 Å². The number of aliphatic hydroxyl groups is 5. The van der Waals surface area contributed by atoms with Crippen molar-refractivity contribution in [2.45, 2.75) is 320 Å². The molecule has 1 fully saturated rings. The minimum atomic E-state index is -1.59. The molecule has 0 saturated carbocycles. The molecule has 0 radical (unpaired) electrons. The SMILES string of the molecule is CC/C=C\C/C=C\C/C=C\C/C=C\C/C=C\C/C=C\C/C=C\C/C=C\C/C=C\C/C=C\CCCCCCCCCCCCC(=O)NC(COC1OC(CO)C(O)C(O)C1O)C(O)/C=C/CC/C=C/CC/C=C/CCCCCCCCCCCCCCCC. The maximum absolute atomic E-state index is 13.1. The van der Waals surface area contributed by atoms with E-state index < -0.39 is 49.5 Å². The highest BCUT2D eigenvalue weighted by atomic mass is 16.7. The number of hydrogen-bond donors (Lipinski definition) is 6. The van der Waals surface area contributed by atoms with E-state index in [0.29, 0.717) is 6.42 Å². The van der Waals surface area contributed by atoms with Crippen LogP contribution in [0.2, 0.25) is 0 Å². The average molecular weight is 1220 g/mol. The summed E-state index contributed by atoms with van der Waals surface area (Å²) in [5.41, 5.74) is 0. The number of hydrogen-bond acceptors (Lipinski definition) is 8. The number of ether oxygens (including phenoxy) is 2. The average Bonchev–Trinajstić information content (AvgIpc) is 3.31. The van der Waals surface area contributed by atoms with Crippen LogP contribution >= 0.6 is 0 Å². The molecule has 1 aliphatic rings. The van der Waals surface area contributed by atoms with Crippen molar-refractivity contribution in [1.82, 2.24) is 5.32 Å². The molecule has 0 bridgehead atoms. The molecule has 0 aromatic carbocycles. The van der Waals surface area contributed by atoms with Gasteiger partial charge in [-0.25, -0.2) is 0 Å². The third-order valence-electron chi connectivity index (χ3n) is 15.8. The fraction of sp³-hybridized carbons (Fsp3) is 0.658. The summed E-state index contributed by atoms with van der Waals surface area (Å²) in [5.74, 6) is -0.200. The summed E-state index contributed by atoms with van der Waals surface area (Å²) in [6.45, 7) is 3.65. The Labute approximate surface area is 539 Å². The fourth-order valence-corrected chi connectivity index (χ4v) is 10.3. The van der Waals surface area contributed by atoms with Crippen LogP contribution in [0.1, 0.15) is 277 Å². The maximum atomic E-state index is 13.1. The number of carbonyl (C=O) groups is 1. The Morgan fingerprint density at radius 2 is 0.716 bits per heavy atom. The van der Waals surface area contributed by atoms with Gasteiger partial charge < -0.3 is 40.3 Å². The fourth-order valence-electron chi connectivity index (χ4n) is 10.3. The van der Waals surface area contributed by atoms with E-state index in [1.807, 2.05) is 6.08 Å². The third kappa shape index (κ3) is 53.6. The first-order valence-electron chi connectivity index (χ1n) is 35.7. The molecule has 1 heterocycles. The van der Waals surface area contributed by atoms with Crippen LogP contribution in [0.4, 0.5) is 0 Å². The molecule has 0 spiro atoms. The summed E-state index contributed by atoms with van der Waals surface area (Å²) in [6.07, 6.45) is 96.3. The van der Waals surface area contributed by atoms with Crippen molar-refractivity contribution in [3.8, 4) is 0 Å². The van der Waals surface area contributed by atoms with E-state index in [2.05, 4.69) is 165 Å². The Morgan fingerprint density at radius 3 is 1.09 bits per heavy atom. The zero-order chi connectivity index (χ0) is 63.5. The van der Waals surface area contributed by atoms with Crippen LogP contribution in [0.5, 0.6) is 0 Å². The van der Waals surface area contributed by atoms with Crippen LogP contribution in [-0.2, 0) is 14.3 Å². The molecule has 1 amide bonds. The Hall–Kier alpha value is -4.19. The minimum absolute atomic E-state index is 0.200. The summed E-state index contributed by atoms with van der Waals surface area (Å²) >= 11 is 0. The molecule has 500 valence electrons. The Bertz CT molecular complexity index is 1950. The molecular weight excluding hydrogens is 1090 g/mol. The standard InChI is InChI=1S/C79H131NO8/c1-3-5-7-9-11-13-15-17-19-21-23-25-27-29-30-31-32-33-34-35-36-37-38-39-40-41-42-43-44-45-47-49-51-53-55-57-59-61-63-65-67-69-75(83)80-72(71-87-79-78(86)77(85)76(84)74(70-81)88-79)73(82)68-66-64-62-60-58-56-54-52-50-48-46-28-26-24-22-20-18-16-14-12-10-8-6-4-2/h5,7,11,13,17,19,23,25,29-30,32-33,35-36,38-39,41-42,44-45,50,52,58,60,66,68,72-74,76-79,81-82,84-86H,3-4,6,8-10,12,14-16,18,20-22,24,26-28,31,34,37,40,43,46-49,51,53-57,59,61-65,67,69-71H2,1-2H3,(H,80,83)/b7-5-,13-11-,19-17-,25-23-,30-29-,33-32-,36-35-,39-38-,42-41-,45-44-,52-50+,60-58+,68-66+. The third-order valence-corrected chi connectivity index (χ3v) is 15.8. The lowest BCUT2D eigenvalue weighted by molar-refractivity contribution is -0.302. The van der Waals surface area contributed by atoms with Crippen molar-refractivity contribution in [3.63, 3.8) is 0 Å². The molecule has 1 aliphatic heterocycles. The highest BCUT2D eigenvalue weighted by Crippen LogP contribution is 2.23. The van der Waals surface area contributed by atoms with Crippen molar-refractivity contribution in [2.24, 2.45) is 0 Å². The van der Waals surface area contributed by atoms with Crippen molar-refractivity contribution in [1.29, 1.82) is 0 Å². The highest BCUT2D eigenvalue weighted by molar-refractivity contribution is 5.76. The summed E-state index contributed by atoms with van der Waals surface area (Å²) in [6, 6.07) is -0.843. The zero-order valence-corrected chi connectivity index (χ0v) is 55.9. The van der Waals surface area contributed by atoms with Gasteiger partial charge in [0.15, 0.2) is 6.29 Å². The summed E-state index contributed by atoms with van der Waals surface area (Å²) in [7, 11) is 0. The van der Waals surface area contributed by atoms with Gasteiger partial charge in [-0.1, -0.05) is 307 Å². The predicted octanol–water partition coefficient (Wildman–Crippen LogP) is 19.9. The first-order valence-corrected chi connectivity index (χ1v) is 35.7. The molecule has 7 atom stereocenters. The Kier molecular flexibility index (Phi) is 61.1. The van der Waals surface area contributed by atoms with Gasteiger partial charge in [0.1, 0.15) is 24.4 Å². The van der Waals surface area contributed by atoms with Crippen LogP contribution in [-0.4, -0.2) is 87.5 Å². The Balaban J connectivity index is 2.17. The van der Waals surface area contributed by atoms with E-state index in [1.165, 1.54) is 128 Å². The van der Waals surface area contributed by atoms with Gasteiger partial charge in [-0.15, -0.1) is 0 Å². The molecule has 0 aliphatic carbocycles. The van der Waals surface area contributed by atoms with Gasteiger partial charge in [-0.05, 0) is 122 Å². The first-order chi connectivity index (χ1) is 43.3. The lowest BCUT2D eigenvalue weighted by atomic mass is 9.99. The smallest absolute Gasteiger partial charge is 0.220 e. The van der Waals surface area contributed by atoms with Crippen LogP contribution in [0.15, 0.2) is 158 Å². The number of unbranched alkanes of at least 4 members (excludes halogenated alkanes) is 26. The van der Waals surface area contributed by atoms with Gasteiger partial charge in [0.25, 0.3) is 0 Å². The molecule has 1 rings (SSSR count). The van der Waals surface area contributed by atoms with Gasteiger partial charge in [-0.3, -0.25) is 4.79 Å². The van der Waals surface area contributed by atoms with E-state index in [1.54, 1.807) is 6.08 Å². The second kappa shape index (κ2) is 65.8. The van der Waals surface area contributed by atoms with Crippen molar-refractivity contribution < 1.29 is 39.8 Å². The van der Waals surface area contributed by atoms with Crippen molar-refractivity contribution >= 4 is 5.91 Å². The topological polar surface area (TPSA) is 149 Å². The van der Waals surface area contributed by atoms with Gasteiger partial charge in [0.05, 0.1) is 25.4 Å². The molecule has 7 unspecified atom stereocenters. The van der Waals surface area contributed by atoms with Crippen molar-refractivity contribution in [2.75, 3.05) is 13.2 Å². The number of rotatable bonds is 60. The number of nitrogens with one attached hydrogen (secondary N) is 1. The highest BCUT2D eigenvalue weighted by Gasteiger charge is 2.44. The van der Waals surface area contributed by atoms with Crippen LogP contribution in [0.3, 0.4) is 0 Å². The zero-order valence-electron chi connectivity index (χ0n) is 55.9. The maximum Gasteiger partial charge on any atom is 0.220 e. The van der Waals surface area contributed by atoms with Crippen LogP contribution < -0.4 is 5.32 Å². The second-order valence-corrected chi connectivity index (χ2v) is 23.9. The second-order valence-electron chi connectivity index (χ2n) is 23.9. The number of carbonyl (C=O) groups excluding carboxylic acids is 1. The van der Waals surface area contributed by atoms with Crippen molar-refractivity contribution in [3.05, 3.63) is 158 Å². The first kappa shape index (κ1) is 81.8. The van der Waals surface area contributed by atoms with Crippen LogP contribution in [0, 0.1) is 0 Å². The Morgan fingerprint density at radius 1 is 0.398 bits per heavy atom. The normalized spacial score (nSPS) is 18.9. The number of aliphatic hydroxyl groups excluding tert-OH is 5. The van der Waals surface area contributed by atoms with E-state index in [4.69, 9.17) is 9.47 Å². The summed E-state index contributed by atoms with van der Waals surface area (Å²) < 4.78 is 11.3. The van der Waals surface area contributed by atoms with E-state index in [9.17, 15) is 30.3 Å². The van der Waals surface area contributed by atoms with Gasteiger partial charge in [-0.2, -0.15) is 0 Å².